The summed E-state index contributed by atoms with van der Waals surface area (Å²) in [6.07, 6.45) is 7.93. The van der Waals surface area contributed by atoms with Crippen LogP contribution >= 0.6 is 23.2 Å². The van der Waals surface area contributed by atoms with Crippen LogP contribution in [-0.4, -0.2) is 72.8 Å². The SMILES string of the molecule is O=S(=O)(c1cccnc1)N1CCN(c2ccc(CO[C@H]3CO[C@](Cn4ccnc4)(c4ccc(Cl)cc4Cl)OC3)cc2)CC1. The van der Waals surface area contributed by atoms with Crippen LogP contribution in [0.25, 0.3) is 0 Å². The lowest BCUT2D eigenvalue weighted by atomic mass is 10.0. The Morgan fingerprint density at radius 1 is 0.953 bits per heavy atom. The molecule has 0 atom stereocenters. The smallest absolute Gasteiger partial charge is 0.244 e. The molecule has 0 bridgehead atoms. The van der Waals surface area contributed by atoms with Crippen molar-refractivity contribution in [2.45, 2.75) is 29.9 Å². The van der Waals surface area contributed by atoms with Gasteiger partial charge < -0.3 is 23.7 Å². The number of hydrogen-bond acceptors (Lipinski definition) is 8. The van der Waals surface area contributed by atoms with Crippen molar-refractivity contribution in [3.05, 3.63) is 107 Å². The Kier molecular flexibility index (Phi) is 9.01. The molecule has 4 aromatic rings. The second-order valence-corrected chi connectivity index (χ2v) is 13.2. The van der Waals surface area contributed by atoms with Crippen molar-refractivity contribution in [1.82, 2.24) is 18.8 Å². The second kappa shape index (κ2) is 12.9. The lowest BCUT2D eigenvalue weighted by Crippen LogP contribution is -2.48. The number of nitrogens with zero attached hydrogens (tertiary/aromatic N) is 5. The molecule has 0 amide bonds. The van der Waals surface area contributed by atoms with Crippen molar-refractivity contribution in [3.8, 4) is 0 Å². The number of halogens is 2. The molecular weight excluding hydrogens is 613 g/mol. The van der Waals surface area contributed by atoms with Gasteiger partial charge in [-0.05, 0) is 42.0 Å². The molecule has 0 saturated carbocycles. The quantitative estimate of drug-likeness (QED) is 0.261. The maximum atomic E-state index is 12.9. The zero-order valence-electron chi connectivity index (χ0n) is 23.3. The van der Waals surface area contributed by atoms with Gasteiger partial charge in [-0.1, -0.05) is 41.4 Å². The molecule has 0 radical (unpaired) electrons. The van der Waals surface area contributed by atoms with Crippen LogP contribution in [0.2, 0.25) is 10.0 Å². The topological polar surface area (TPSA) is 99.0 Å². The summed E-state index contributed by atoms with van der Waals surface area (Å²) < 4.78 is 48.0. The van der Waals surface area contributed by atoms with Gasteiger partial charge in [0, 0.05) is 67.2 Å². The zero-order chi connectivity index (χ0) is 29.9. The third-order valence-corrected chi connectivity index (χ3v) is 10.0. The van der Waals surface area contributed by atoms with E-state index < -0.39 is 15.8 Å². The summed E-state index contributed by atoms with van der Waals surface area (Å²) in [4.78, 5) is 10.5. The standard InChI is InChI=1S/C30H31Cl2N5O5S/c31-24-5-8-28(29(32)16-24)30(21-35-11-10-34-22-35)41-19-26(20-42-30)40-18-23-3-6-25(7-4-23)36-12-14-37(15-13-36)43(38,39)27-2-1-9-33-17-27/h1-11,16-17,22,26H,12-15,18-21H2/t26-,30-. The molecule has 2 aliphatic heterocycles. The van der Waals surface area contributed by atoms with Crippen molar-refractivity contribution in [1.29, 1.82) is 0 Å². The van der Waals surface area contributed by atoms with Gasteiger partial charge in [0.1, 0.15) is 11.0 Å². The van der Waals surface area contributed by atoms with Crippen LogP contribution in [-0.2, 0) is 43.2 Å². The Morgan fingerprint density at radius 3 is 2.37 bits per heavy atom. The Morgan fingerprint density at radius 2 is 1.72 bits per heavy atom. The molecule has 43 heavy (non-hydrogen) atoms. The number of hydrogen-bond donors (Lipinski definition) is 0. The van der Waals surface area contributed by atoms with E-state index in [4.69, 9.17) is 37.4 Å². The molecule has 0 spiro atoms. The van der Waals surface area contributed by atoms with E-state index in [0.717, 1.165) is 11.3 Å². The number of sulfonamides is 1. The maximum absolute atomic E-state index is 12.9. The monoisotopic (exact) mass is 643 g/mol. The van der Waals surface area contributed by atoms with Crippen LogP contribution in [0.3, 0.4) is 0 Å². The minimum atomic E-state index is -3.54. The number of anilines is 1. The number of imidazole rings is 1. The Labute approximate surface area is 260 Å². The fourth-order valence-electron chi connectivity index (χ4n) is 5.24. The number of pyridine rings is 1. The molecule has 0 aliphatic carbocycles. The van der Waals surface area contributed by atoms with Crippen LogP contribution in [0.4, 0.5) is 5.69 Å². The van der Waals surface area contributed by atoms with Crippen molar-refractivity contribution >= 4 is 38.9 Å². The highest BCUT2D eigenvalue weighted by atomic mass is 35.5. The molecule has 2 aromatic carbocycles. The molecule has 2 fully saturated rings. The van der Waals surface area contributed by atoms with Crippen molar-refractivity contribution in [3.63, 3.8) is 0 Å². The van der Waals surface area contributed by atoms with E-state index in [1.807, 2.05) is 41.1 Å². The number of rotatable bonds is 9. The van der Waals surface area contributed by atoms with Crippen LogP contribution in [0.5, 0.6) is 0 Å². The first-order valence-electron chi connectivity index (χ1n) is 13.9. The third-order valence-electron chi connectivity index (χ3n) is 7.59. The average Bonchev–Trinajstić information content (AvgIpc) is 3.54. The Bertz CT molecular complexity index is 1610. The number of aromatic nitrogens is 3. The van der Waals surface area contributed by atoms with E-state index in [-0.39, 0.29) is 11.0 Å². The molecule has 2 aliphatic rings. The molecule has 4 heterocycles. The molecule has 2 saturated heterocycles. The lowest BCUT2D eigenvalue weighted by molar-refractivity contribution is -0.313. The van der Waals surface area contributed by atoms with Crippen LogP contribution in [0.15, 0.2) is 90.6 Å². The van der Waals surface area contributed by atoms with Crippen molar-refractivity contribution in [2.75, 3.05) is 44.3 Å². The van der Waals surface area contributed by atoms with Crippen molar-refractivity contribution in [2.24, 2.45) is 0 Å². The molecule has 226 valence electrons. The lowest BCUT2D eigenvalue weighted by Gasteiger charge is -2.41. The predicted molar refractivity (Wildman–Crippen MR) is 162 cm³/mol. The summed E-state index contributed by atoms with van der Waals surface area (Å²) >= 11 is 12.7. The summed E-state index contributed by atoms with van der Waals surface area (Å²) in [5, 5.41) is 0.995. The highest BCUT2D eigenvalue weighted by molar-refractivity contribution is 7.89. The summed E-state index contributed by atoms with van der Waals surface area (Å²) in [6, 6.07) is 16.6. The maximum Gasteiger partial charge on any atom is 0.244 e. The van der Waals surface area contributed by atoms with Crippen molar-refractivity contribution < 1.29 is 22.6 Å². The first-order chi connectivity index (χ1) is 20.8. The third kappa shape index (κ3) is 6.73. The summed E-state index contributed by atoms with van der Waals surface area (Å²) in [6.45, 7) is 3.42. The van der Waals surface area contributed by atoms with E-state index >= 15 is 0 Å². The van der Waals surface area contributed by atoms with Gasteiger partial charge in [0.25, 0.3) is 0 Å². The predicted octanol–water partition coefficient (Wildman–Crippen LogP) is 4.58. The zero-order valence-corrected chi connectivity index (χ0v) is 25.6. The highest BCUT2D eigenvalue weighted by Crippen LogP contribution is 2.38. The van der Waals surface area contributed by atoms with Gasteiger partial charge in [0.15, 0.2) is 0 Å². The van der Waals surface area contributed by atoms with Gasteiger partial charge in [-0.2, -0.15) is 4.31 Å². The van der Waals surface area contributed by atoms with E-state index in [0.29, 0.717) is 68.2 Å². The average molecular weight is 645 g/mol. The van der Waals surface area contributed by atoms with E-state index in [1.165, 1.54) is 10.5 Å². The normalized spacial score (nSPS) is 21.6. The highest BCUT2D eigenvalue weighted by Gasteiger charge is 2.42. The first-order valence-corrected chi connectivity index (χ1v) is 16.1. The van der Waals surface area contributed by atoms with Gasteiger partial charge in [-0.15, -0.1) is 0 Å². The van der Waals surface area contributed by atoms with Gasteiger partial charge in [0.2, 0.25) is 15.8 Å². The molecule has 6 rings (SSSR count). The Balaban J connectivity index is 1.02. The largest absolute Gasteiger partial charge is 0.369 e. The number of piperazine rings is 1. The summed E-state index contributed by atoms with van der Waals surface area (Å²) in [5.41, 5.74) is 2.74. The first kappa shape index (κ1) is 30.0. The van der Waals surface area contributed by atoms with E-state index in [1.54, 1.807) is 43.0 Å². The minimum absolute atomic E-state index is 0.222. The van der Waals surface area contributed by atoms with Gasteiger partial charge >= 0.3 is 0 Å². The molecular formula is C30H31Cl2N5O5S. The van der Waals surface area contributed by atoms with Gasteiger partial charge in [-0.3, -0.25) is 4.98 Å². The minimum Gasteiger partial charge on any atom is -0.369 e. The van der Waals surface area contributed by atoms with Crippen LogP contribution in [0, 0.1) is 0 Å². The van der Waals surface area contributed by atoms with Crippen LogP contribution in [0.1, 0.15) is 11.1 Å². The van der Waals surface area contributed by atoms with E-state index in [9.17, 15) is 8.42 Å². The fraction of sp³-hybridized carbons (Fsp3) is 0.333. The second-order valence-electron chi connectivity index (χ2n) is 10.4. The number of benzene rings is 2. The molecule has 0 unspecified atom stereocenters. The van der Waals surface area contributed by atoms with Crippen LogP contribution < -0.4 is 4.90 Å². The van der Waals surface area contributed by atoms with Gasteiger partial charge in [-0.25, -0.2) is 13.4 Å². The summed E-state index contributed by atoms with van der Waals surface area (Å²) in [5.74, 6) is -1.11. The fourth-order valence-corrected chi connectivity index (χ4v) is 7.18. The molecule has 0 N–H and O–H groups in total. The van der Waals surface area contributed by atoms with Gasteiger partial charge in [0.05, 0.1) is 37.7 Å². The summed E-state index contributed by atoms with van der Waals surface area (Å²) in [7, 11) is -3.54. The molecule has 10 nitrogen and oxygen atoms in total. The number of ether oxygens (including phenoxy) is 3. The van der Waals surface area contributed by atoms with E-state index in [2.05, 4.69) is 14.9 Å². The Hall–Kier alpha value is -3.03. The molecule has 13 heteroatoms. The molecule has 2 aromatic heterocycles.